The van der Waals surface area contributed by atoms with Gasteiger partial charge in [-0.25, -0.2) is 4.98 Å². The van der Waals surface area contributed by atoms with Gasteiger partial charge >= 0.3 is 0 Å². The summed E-state index contributed by atoms with van der Waals surface area (Å²) in [6.45, 7) is 2.22. The number of anilines is 1. The Hall–Kier alpha value is -1.14. The molecule has 0 bridgehead atoms. The average molecular weight is 314 g/mol. The van der Waals surface area contributed by atoms with Crippen LogP contribution in [0.1, 0.15) is 23.2 Å². The molecule has 0 radical (unpaired) electrons. The number of pyridine rings is 1. The van der Waals surface area contributed by atoms with Crippen LogP contribution in [0, 0.1) is 5.92 Å². The summed E-state index contributed by atoms with van der Waals surface area (Å²) in [6.07, 6.45) is 3.56. The summed E-state index contributed by atoms with van der Waals surface area (Å²) < 4.78 is 6.02. The van der Waals surface area contributed by atoms with Crippen molar-refractivity contribution in [1.82, 2.24) is 10.3 Å². The maximum absolute atomic E-state index is 12.0. The van der Waals surface area contributed by atoms with Gasteiger partial charge in [0.1, 0.15) is 5.82 Å². The van der Waals surface area contributed by atoms with Crippen molar-refractivity contribution in [1.29, 1.82) is 0 Å². The van der Waals surface area contributed by atoms with Crippen molar-refractivity contribution in [3.63, 3.8) is 0 Å². The van der Waals surface area contributed by atoms with Gasteiger partial charge in [0.2, 0.25) is 0 Å². The minimum Gasteiger partial charge on any atom is -0.383 e. The second kappa shape index (κ2) is 6.15. The molecule has 5 nitrogen and oxygen atoms in total. The van der Waals surface area contributed by atoms with Gasteiger partial charge in [0.15, 0.2) is 0 Å². The van der Waals surface area contributed by atoms with Gasteiger partial charge < -0.3 is 15.8 Å². The Morgan fingerprint density at radius 3 is 3.00 bits per heavy atom. The van der Waals surface area contributed by atoms with Gasteiger partial charge in [-0.05, 0) is 40.8 Å². The van der Waals surface area contributed by atoms with Crippen LogP contribution >= 0.6 is 15.9 Å². The minimum absolute atomic E-state index is 0.173. The first-order valence-corrected chi connectivity index (χ1v) is 6.73. The third kappa shape index (κ3) is 3.43. The molecule has 6 heteroatoms. The number of aromatic nitrogens is 1. The highest BCUT2D eigenvalue weighted by Crippen LogP contribution is 2.16. The Kier molecular flexibility index (Phi) is 4.54. The lowest BCUT2D eigenvalue weighted by Gasteiger charge is -2.22. The smallest absolute Gasteiger partial charge is 0.255 e. The lowest BCUT2D eigenvalue weighted by molar-refractivity contribution is 0.0643. The summed E-state index contributed by atoms with van der Waals surface area (Å²) in [5.41, 5.74) is 6.10. The van der Waals surface area contributed by atoms with Crippen molar-refractivity contribution in [3.8, 4) is 0 Å². The van der Waals surface area contributed by atoms with Crippen LogP contribution in [-0.4, -0.2) is 30.6 Å². The van der Waals surface area contributed by atoms with Gasteiger partial charge in [0.05, 0.1) is 5.56 Å². The molecule has 1 amide bonds. The number of nitrogens with zero attached hydrogens (tertiary/aromatic N) is 1. The molecule has 1 aromatic heterocycles. The fourth-order valence-electron chi connectivity index (χ4n) is 1.91. The molecule has 0 saturated carbocycles. The highest BCUT2D eigenvalue weighted by atomic mass is 79.9. The molecular formula is C12H16BrN3O2. The number of carbonyl (C=O) groups excluding carboxylic acids is 1. The molecule has 0 spiro atoms. The predicted molar refractivity (Wildman–Crippen MR) is 72.2 cm³/mol. The van der Waals surface area contributed by atoms with Gasteiger partial charge in [-0.1, -0.05) is 0 Å². The Balaban J connectivity index is 1.92. The van der Waals surface area contributed by atoms with Crippen LogP contribution in [0.5, 0.6) is 0 Å². The van der Waals surface area contributed by atoms with E-state index in [2.05, 4.69) is 26.2 Å². The monoisotopic (exact) mass is 313 g/mol. The molecule has 2 rings (SSSR count). The number of amides is 1. The van der Waals surface area contributed by atoms with Crippen LogP contribution in [0.15, 0.2) is 16.7 Å². The second-order valence-corrected chi connectivity index (χ2v) is 5.27. The normalized spacial score (nSPS) is 16.5. The maximum Gasteiger partial charge on any atom is 0.255 e. The van der Waals surface area contributed by atoms with E-state index in [4.69, 9.17) is 10.5 Å². The Morgan fingerprint density at radius 1 is 1.56 bits per heavy atom. The lowest BCUT2D eigenvalue weighted by Crippen LogP contribution is -2.32. The van der Waals surface area contributed by atoms with E-state index >= 15 is 0 Å². The van der Waals surface area contributed by atoms with Crippen LogP contribution in [0.4, 0.5) is 5.82 Å². The number of ether oxygens (including phenoxy) is 1. The molecule has 1 saturated heterocycles. The molecule has 1 fully saturated rings. The van der Waals surface area contributed by atoms with E-state index in [9.17, 15) is 4.79 Å². The number of hydrogen-bond donors (Lipinski definition) is 2. The van der Waals surface area contributed by atoms with Gasteiger partial charge in [-0.3, -0.25) is 4.79 Å². The Labute approximate surface area is 114 Å². The first kappa shape index (κ1) is 13.3. The molecular weight excluding hydrogens is 298 g/mol. The van der Waals surface area contributed by atoms with E-state index in [-0.39, 0.29) is 11.7 Å². The summed E-state index contributed by atoms with van der Waals surface area (Å²) in [6, 6.07) is 1.68. The topological polar surface area (TPSA) is 77.2 Å². The molecule has 1 aromatic rings. The molecule has 0 aromatic carbocycles. The lowest BCUT2D eigenvalue weighted by atomic mass is 10.0. The highest BCUT2D eigenvalue weighted by Gasteiger charge is 2.16. The summed E-state index contributed by atoms with van der Waals surface area (Å²) >= 11 is 3.28. The number of nitrogen functional groups attached to an aromatic ring is 1. The molecule has 0 unspecified atom stereocenters. The van der Waals surface area contributed by atoms with Crippen molar-refractivity contribution in [3.05, 3.63) is 22.3 Å². The van der Waals surface area contributed by atoms with E-state index in [1.807, 2.05) is 0 Å². The largest absolute Gasteiger partial charge is 0.383 e. The number of halogens is 1. The van der Waals surface area contributed by atoms with E-state index < -0.39 is 0 Å². The average Bonchev–Trinajstić information content (AvgIpc) is 2.40. The standard InChI is InChI=1S/C12H16BrN3O2/c13-9-5-10(11(14)15-7-9)12(17)16-6-8-1-3-18-4-2-8/h5,7-8H,1-4,6H2,(H2,14,15)(H,16,17). The Morgan fingerprint density at radius 2 is 2.28 bits per heavy atom. The van der Waals surface area contributed by atoms with Crippen molar-refractivity contribution < 1.29 is 9.53 Å². The van der Waals surface area contributed by atoms with E-state index in [1.54, 1.807) is 12.3 Å². The number of carbonyl (C=O) groups is 1. The van der Waals surface area contributed by atoms with Crippen molar-refractivity contribution in [2.45, 2.75) is 12.8 Å². The zero-order valence-electron chi connectivity index (χ0n) is 9.99. The molecule has 0 aliphatic carbocycles. The third-order valence-corrected chi connectivity index (χ3v) is 3.46. The van der Waals surface area contributed by atoms with Crippen LogP contribution in [0.2, 0.25) is 0 Å². The first-order valence-electron chi connectivity index (χ1n) is 5.94. The maximum atomic E-state index is 12.0. The highest BCUT2D eigenvalue weighted by molar-refractivity contribution is 9.10. The van der Waals surface area contributed by atoms with E-state index in [0.29, 0.717) is 18.0 Å². The van der Waals surface area contributed by atoms with Gasteiger partial charge in [-0.15, -0.1) is 0 Å². The molecule has 98 valence electrons. The van der Waals surface area contributed by atoms with Crippen LogP contribution in [-0.2, 0) is 4.74 Å². The zero-order valence-corrected chi connectivity index (χ0v) is 11.6. The Bertz CT molecular complexity index is 433. The number of nitrogens with two attached hydrogens (primary N) is 1. The number of hydrogen-bond acceptors (Lipinski definition) is 4. The molecule has 0 atom stereocenters. The number of rotatable bonds is 3. The second-order valence-electron chi connectivity index (χ2n) is 4.35. The summed E-state index contributed by atoms with van der Waals surface area (Å²) in [4.78, 5) is 15.9. The summed E-state index contributed by atoms with van der Waals surface area (Å²) in [5.74, 6) is 0.569. The van der Waals surface area contributed by atoms with Crippen LogP contribution in [0.3, 0.4) is 0 Å². The van der Waals surface area contributed by atoms with Gasteiger partial charge in [0, 0.05) is 30.4 Å². The summed E-state index contributed by atoms with van der Waals surface area (Å²) in [5, 5.41) is 2.90. The third-order valence-electron chi connectivity index (χ3n) is 3.02. The quantitative estimate of drug-likeness (QED) is 0.888. The minimum atomic E-state index is -0.173. The van der Waals surface area contributed by atoms with E-state index in [1.165, 1.54) is 0 Å². The summed E-state index contributed by atoms with van der Waals surface area (Å²) in [7, 11) is 0. The van der Waals surface area contributed by atoms with Gasteiger partial charge in [0.25, 0.3) is 5.91 Å². The molecule has 3 N–H and O–H groups in total. The molecule has 2 heterocycles. The SMILES string of the molecule is Nc1ncc(Br)cc1C(=O)NCC1CCOCC1. The first-order chi connectivity index (χ1) is 8.66. The van der Waals surface area contributed by atoms with Crippen LogP contribution < -0.4 is 11.1 Å². The van der Waals surface area contributed by atoms with Crippen LogP contribution in [0.25, 0.3) is 0 Å². The van der Waals surface area contributed by atoms with Crippen molar-refractivity contribution >= 4 is 27.7 Å². The predicted octanol–water partition coefficient (Wildman–Crippen LogP) is 1.58. The van der Waals surface area contributed by atoms with Gasteiger partial charge in [-0.2, -0.15) is 0 Å². The molecule has 1 aliphatic heterocycles. The zero-order chi connectivity index (χ0) is 13.0. The van der Waals surface area contributed by atoms with Crippen molar-refractivity contribution in [2.24, 2.45) is 5.92 Å². The molecule has 18 heavy (non-hydrogen) atoms. The number of nitrogens with one attached hydrogen (secondary N) is 1. The fourth-order valence-corrected chi connectivity index (χ4v) is 2.25. The fraction of sp³-hybridized carbons (Fsp3) is 0.500. The van der Waals surface area contributed by atoms with E-state index in [0.717, 1.165) is 30.5 Å². The molecule has 1 aliphatic rings. The van der Waals surface area contributed by atoms with Crippen molar-refractivity contribution in [2.75, 3.05) is 25.5 Å².